The predicted molar refractivity (Wildman–Crippen MR) is 96.6 cm³/mol. The lowest BCUT2D eigenvalue weighted by Crippen LogP contribution is -2.21. The molecule has 0 unspecified atom stereocenters. The van der Waals surface area contributed by atoms with Crippen molar-refractivity contribution in [3.63, 3.8) is 0 Å². The van der Waals surface area contributed by atoms with Crippen molar-refractivity contribution < 1.29 is 28.9 Å². The molecule has 0 aliphatic carbocycles. The third-order valence-electron chi connectivity index (χ3n) is 3.26. The van der Waals surface area contributed by atoms with Crippen LogP contribution in [0.2, 0.25) is 10.0 Å². The molecule has 0 aliphatic heterocycles. The summed E-state index contributed by atoms with van der Waals surface area (Å²) in [5.41, 5.74) is 0.139. The summed E-state index contributed by atoms with van der Waals surface area (Å²) in [6, 6.07) is 6.86. The minimum atomic E-state index is -0.889. The first-order valence-corrected chi connectivity index (χ1v) is 7.98. The Labute approximate surface area is 159 Å². The van der Waals surface area contributed by atoms with Crippen molar-refractivity contribution in [1.29, 1.82) is 0 Å². The molecule has 138 valence electrons. The molecule has 2 N–H and O–H groups in total. The van der Waals surface area contributed by atoms with Gasteiger partial charge in [-0.25, -0.2) is 4.79 Å². The largest absolute Gasteiger partial charge is 0.507 e. The minimum absolute atomic E-state index is 0.143. The number of benzene rings is 2. The van der Waals surface area contributed by atoms with Gasteiger partial charge in [-0.05, 0) is 24.3 Å². The van der Waals surface area contributed by atoms with Crippen molar-refractivity contribution in [3.8, 4) is 17.2 Å². The number of phenolic OH excluding ortho intramolecular Hbond substituents is 1. The van der Waals surface area contributed by atoms with Crippen LogP contribution in [-0.4, -0.2) is 37.8 Å². The normalized spacial score (nSPS) is 10.2. The number of phenols is 1. The molecule has 1 amide bonds. The second-order valence-corrected chi connectivity index (χ2v) is 5.82. The van der Waals surface area contributed by atoms with E-state index >= 15 is 0 Å². The molecule has 0 saturated heterocycles. The van der Waals surface area contributed by atoms with Crippen LogP contribution >= 0.6 is 23.2 Å². The number of rotatable bonds is 6. The van der Waals surface area contributed by atoms with Gasteiger partial charge in [0.15, 0.2) is 6.61 Å². The maximum absolute atomic E-state index is 12.0. The highest BCUT2D eigenvalue weighted by molar-refractivity contribution is 6.32. The molecular formula is C17H15Cl2NO6. The van der Waals surface area contributed by atoms with E-state index in [-0.39, 0.29) is 27.0 Å². The molecule has 0 heterocycles. The summed E-state index contributed by atoms with van der Waals surface area (Å²) < 4.78 is 15.1. The molecule has 26 heavy (non-hydrogen) atoms. The maximum atomic E-state index is 12.0. The molecule has 9 heteroatoms. The maximum Gasteiger partial charge on any atom is 0.342 e. The van der Waals surface area contributed by atoms with Crippen LogP contribution in [0.1, 0.15) is 10.4 Å². The van der Waals surface area contributed by atoms with Crippen molar-refractivity contribution in [2.24, 2.45) is 0 Å². The van der Waals surface area contributed by atoms with Crippen molar-refractivity contribution in [2.75, 3.05) is 26.1 Å². The molecule has 0 radical (unpaired) electrons. The van der Waals surface area contributed by atoms with Crippen LogP contribution in [0.25, 0.3) is 0 Å². The zero-order chi connectivity index (χ0) is 19.3. The lowest BCUT2D eigenvalue weighted by molar-refractivity contribution is -0.119. The van der Waals surface area contributed by atoms with Crippen LogP contribution in [0, 0.1) is 0 Å². The van der Waals surface area contributed by atoms with E-state index in [1.54, 1.807) is 0 Å². The van der Waals surface area contributed by atoms with Gasteiger partial charge in [0.2, 0.25) is 0 Å². The molecule has 0 bridgehead atoms. The van der Waals surface area contributed by atoms with Gasteiger partial charge in [0.1, 0.15) is 22.8 Å². The number of methoxy groups -OCH3 is 2. The number of amides is 1. The molecule has 0 saturated carbocycles. The quantitative estimate of drug-likeness (QED) is 0.721. The number of carbonyl (C=O) groups is 2. The van der Waals surface area contributed by atoms with Gasteiger partial charge in [0.05, 0.1) is 24.9 Å². The summed E-state index contributed by atoms with van der Waals surface area (Å²) in [7, 11) is 2.86. The van der Waals surface area contributed by atoms with Gasteiger partial charge in [0, 0.05) is 11.1 Å². The number of aromatic hydroxyl groups is 1. The third kappa shape index (κ3) is 4.71. The van der Waals surface area contributed by atoms with Crippen LogP contribution in [0.3, 0.4) is 0 Å². The van der Waals surface area contributed by atoms with Gasteiger partial charge in [-0.3, -0.25) is 4.79 Å². The van der Waals surface area contributed by atoms with Crippen molar-refractivity contribution in [3.05, 3.63) is 45.9 Å². The topological polar surface area (TPSA) is 94.1 Å². The number of esters is 1. The van der Waals surface area contributed by atoms with Crippen LogP contribution < -0.4 is 14.8 Å². The monoisotopic (exact) mass is 399 g/mol. The van der Waals surface area contributed by atoms with Crippen molar-refractivity contribution in [2.45, 2.75) is 0 Å². The summed E-state index contributed by atoms with van der Waals surface area (Å²) in [5, 5.41) is 12.7. The van der Waals surface area contributed by atoms with E-state index in [0.29, 0.717) is 11.5 Å². The number of halogens is 2. The van der Waals surface area contributed by atoms with Crippen LogP contribution in [0.4, 0.5) is 5.69 Å². The minimum Gasteiger partial charge on any atom is -0.507 e. The Balaban J connectivity index is 2.04. The van der Waals surface area contributed by atoms with E-state index in [9.17, 15) is 14.7 Å². The summed E-state index contributed by atoms with van der Waals surface area (Å²) in [6.45, 7) is -0.586. The summed E-state index contributed by atoms with van der Waals surface area (Å²) >= 11 is 11.8. The molecule has 0 fully saturated rings. The average molecular weight is 400 g/mol. The second-order valence-electron chi connectivity index (χ2n) is 4.97. The predicted octanol–water partition coefficient (Wildman–Crippen LogP) is 3.51. The highest BCUT2D eigenvalue weighted by Crippen LogP contribution is 2.35. The number of nitrogens with one attached hydrogen (secondary N) is 1. The van der Waals surface area contributed by atoms with Crippen molar-refractivity contribution >= 4 is 40.8 Å². The number of ether oxygens (including phenoxy) is 3. The highest BCUT2D eigenvalue weighted by Gasteiger charge is 2.17. The molecule has 0 atom stereocenters. The lowest BCUT2D eigenvalue weighted by atomic mass is 10.2. The molecule has 2 aromatic carbocycles. The van der Waals surface area contributed by atoms with E-state index in [1.807, 2.05) is 0 Å². The zero-order valence-corrected chi connectivity index (χ0v) is 15.4. The first-order chi connectivity index (χ1) is 12.3. The average Bonchev–Trinajstić information content (AvgIpc) is 2.62. The Hall–Kier alpha value is -2.64. The Morgan fingerprint density at radius 1 is 1.08 bits per heavy atom. The third-order valence-corrected chi connectivity index (χ3v) is 3.79. The number of hydrogen-bond acceptors (Lipinski definition) is 6. The molecule has 2 rings (SSSR count). The van der Waals surface area contributed by atoms with Crippen LogP contribution in [0.15, 0.2) is 30.3 Å². The van der Waals surface area contributed by atoms with E-state index in [4.69, 9.17) is 37.4 Å². The summed E-state index contributed by atoms with van der Waals surface area (Å²) in [6.07, 6.45) is 0. The highest BCUT2D eigenvalue weighted by atomic mass is 35.5. The lowest BCUT2D eigenvalue weighted by Gasteiger charge is -2.13. The number of hydrogen-bond donors (Lipinski definition) is 2. The van der Waals surface area contributed by atoms with E-state index < -0.39 is 18.5 Å². The number of carbonyl (C=O) groups excluding carboxylic acids is 2. The van der Waals surface area contributed by atoms with E-state index in [1.165, 1.54) is 44.6 Å². The molecule has 0 spiro atoms. The molecule has 7 nitrogen and oxygen atoms in total. The van der Waals surface area contributed by atoms with Crippen molar-refractivity contribution in [1.82, 2.24) is 0 Å². The van der Waals surface area contributed by atoms with Gasteiger partial charge in [-0.1, -0.05) is 23.2 Å². The first kappa shape index (κ1) is 19.7. The molecule has 0 aliphatic rings. The van der Waals surface area contributed by atoms with Gasteiger partial charge < -0.3 is 24.6 Å². The Morgan fingerprint density at radius 2 is 1.77 bits per heavy atom. The van der Waals surface area contributed by atoms with Crippen LogP contribution in [-0.2, 0) is 9.53 Å². The van der Waals surface area contributed by atoms with Crippen LogP contribution in [0.5, 0.6) is 17.2 Å². The van der Waals surface area contributed by atoms with Gasteiger partial charge in [0.25, 0.3) is 5.91 Å². The fraction of sp³-hybridized carbons (Fsp3) is 0.176. The molecule has 2 aromatic rings. The molecule has 0 aromatic heterocycles. The van der Waals surface area contributed by atoms with Gasteiger partial charge in [-0.15, -0.1) is 0 Å². The Morgan fingerprint density at radius 3 is 2.42 bits per heavy atom. The fourth-order valence-electron chi connectivity index (χ4n) is 2.02. The van der Waals surface area contributed by atoms with E-state index in [2.05, 4.69) is 5.32 Å². The SMILES string of the molecule is COc1cc(OC)c(NC(=O)COC(=O)c2cc(Cl)ccc2O)cc1Cl. The summed E-state index contributed by atoms with van der Waals surface area (Å²) in [5.74, 6) is -1.12. The fourth-order valence-corrected chi connectivity index (χ4v) is 2.44. The second kappa shape index (κ2) is 8.64. The number of anilines is 1. The molecular weight excluding hydrogens is 385 g/mol. The van der Waals surface area contributed by atoms with Gasteiger partial charge >= 0.3 is 5.97 Å². The first-order valence-electron chi connectivity index (χ1n) is 7.22. The van der Waals surface area contributed by atoms with E-state index in [0.717, 1.165) is 0 Å². The smallest absolute Gasteiger partial charge is 0.342 e. The summed E-state index contributed by atoms with van der Waals surface area (Å²) in [4.78, 5) is 24.0. The Kier molecular flexibility index (Phi) is 6.54. The standard InChI is InChI=1S/C17H15Cl2NO6/c1-24-14-7-15(25-2)12(6-11(14)19)20-16(22)8-26-17(23)10-5-9(18)3-4-13(10)21/h3-7,21H,8H2,1-2H3,(H,20,22). The van der Waals surface area contributed by atoms with Gasteiger partial charge in [-0.2, -0.15) is 0 Å². The Bertz CT molecular complexity index is 840. The zero-order valence-electron chi connectivity index (χ0n) is 13.8.